The van der Waals surface area contributed by atoms with E-state index in [9.17, 15) is 14.7 Å². The summed E-state index contributed by atoms with van der Waals surface area (Å²) in [6, 6.07) is 4.34. The number of nitrogens with one attached hydrogen (secondary N) is 1. The molecule has 1 fully saturated rings. The molecule has 1 aromatic rings. The summed E-state index contributed by atoms with van der Waals surface area (Å²) < 4.78 is 0. The third-order valence-electron chi connectivity index (χ3n) is 2.79. The zero-order valence-corrected chi connectivity index (χ0v) is 12.4. The first-order chi connectivity index (χ1) is 9.93. The molecular weight excluding hydrogens is 312 g/mol. The van der Waals surface area contributed by atoms with Crippen LogP contribution in [0.5, 0.6) is 5.75 Å². The maximum Gasteiger partial charge on any atom is 0.265 e. The van der Waals surface area contributed by atoms with Crippen molar-refractivity contribution in [1.29, 1.82) is 0 Å². The SMILES string of the molecule is C=CCN1C(=O)/C(=C/c2cc(Cl)ccc2O)C(=O)NC1=S. The first kappa shape index (κ1) is 15.2. The minimum Gasteiger partial charge on any atom is -0.507 e. The fourth-order valence-corrected chi connectivity index (χ4v) is 2.22. The molecule has 108 valence electrons. The van der Waals surface area contributed by atoms with Crippen molar-refractivity contribution in [2.75, 3.05) is 6.54 Å². The minimum absolute atomic E-state index is 0.0253. The van der Waals surface area contributed by atoms with Crippen LogP contribution in [-0.2, 0) is 9.59 Å². The molecule has 1 heterocycles. The van der Waals surface area contributed by atoms with E-state index in [4.69, 9.17) is 23.8 Å². The molecule has 0 bridgehead atoms. The third kappa shape index (κ3) is 3.12. The number of phenolic OH excluding ortho intramolecular Hbond substituents is 1. The highest BCUT2D eigenvalue weighted by Crippen LogP contribution is 2.25. The number of aromatic hydroxyl groups is 1. The highest BCUT2D eigenvalue weighted by molar-refractivity contribution is 7.80. The second kappa shape index (κ2) is 6.07. The van der Waals surface area contributed by atoms with E-state index in [2.05, 4.69) is 11.9 Å². The van der Waals surface area contributed by atoms with Crippen LogP contribution >= 0.6 is 23.8 Å². The van der Waals surface area contributed by atoms with Crippen LogP contribution in [0, 0.1) is 0 Å². The van der Waals surface area contributed by atoms with Crippen LogP contribution in [0.4, 0.5) is 0 Å². The third-order valence-corrected chi connectivity index (χ3v) is 3.34. The van der Waals surface area contributed by atoms with Crippen LogP contribution in [0.3, 0.4) is 0 Å². The first-order valence-corrected chi connectivity index (χ1v) is 6.71. The normalized spacial score (nSPS) is 17.1. The van der Waals surface area contributed by atoms with E-state index in [0.29, 0.717) is 5.02 Å². The lowest BCUT2D eigenvalue weighted by atomic mass is 10.1. The van der Waals surface area contributed by atoms with Gasteiger partial charge in [0.25, 0.3) is 11.8 Å². The van der Waals surface area contributed by atoms with Crippen molar-refractivity contribution in [2.45, 2.75) is 0 Å². The molecule has 0 atom stereocenters. The molecule has 1 aliphatic rings. The summed E-state index contributed by atoms with van der Waals surface area (Å²) in [5.74, 6) is -1.26. The summed E-state index contributed by atoms with van der Waals surface area (Å²) in [4.78, 5) is 25.4. The number of amides is 2. The Balaban J connectivity index is 2.45. The predicted molar refractivity (Wildman–Crippen MR) is 83.7 cm³/mol. The van der Waals surface area contributed by atoms with Crippen molar-refractivity contribution in [3.63, 3.8) is 0 Å². The van der Waals surface area contributed by atoms with Gasteiger partial charge in [-0.3, -0.25) is 19.8 Å². The van der Waals surface area contributed by atoms with E-state index in [1.165, 1.54) is 35.3 Å². The van der Waals surface area contributed by atoms with Crippen molar-refractivity contribution in [3.05, 3.63) is 47.0 Å². The number of carbonyl (C=O) groups is 2. The molecule has 0 radical (unpaired) electrons. The van der Waals surface area contributed by atoms with Gasteiger partial charge in [-0.2, -0.15) is 0 Å². The van der Waals surface area contributed by atoms with E-state index in [1.807, 2.05) is 0 Å². The van der Waals surface area contributed by atoms with E-state index in [0.717, 1.165) is 0 Å². The van der Waals surface area contributed by atoms with Crippen LogP contribution < -0.4 is 5.32 Å². The molecule has 7 heteroatoms. The Morgan fingerprint density at radius 3 is 2.81 bits per heavy atom. The van der Waals surface area contributed by atoms with Crippen LogP contribution in [0.1, 0.15) is 5.56 Å². The van der Waals surface area contributed by atoms with Crippen molar-refractivity contribution in [1.82, 2.24) is 10.2 Å². The van der Waals surface area contributed by atoms with Crippen molar-refractivity contribution < 1.29 is 14.7 Å². The van der Waals surface area contributed by atoms with E-state index in [1.54, 1.807) is 0 Å². The number of benzene rings is 1. The fraction of sp³-hybridized carbons (Fsp3) is 0.0714. The summed E-state index contributed by atoms with van der Waals surface area (Å²) in [6.07, 6.45) is 2.77. The van der Waals surface area contributed by atoms with Gasteiger partial charge in [0.1, 0.15) is 11.3 Å². The molecule has 0 unspecified atom stereocenters. The molecule has 0 aliphatic carbocycles. The monoisotopic (exact) mass is 322 g/mol. The molecule has 0 aromatic heterocycles. The van der Waals surface area contributed by atoms with Gasteiger partial charge < -0.3 is 5.11 Å². The summed E-state index contributed by atoms with van der Waals surface area (Å²) in [5.41, 5.74) is 0.135. The Hall–Kier alpha value is -2.18. The number of hydrogen-bond donors (Lipinski definition) is 2. The summed E-state index contributed by atoms with van der Waals surface area (Å²) in [7, 11) is 0. The van der Waals surface area contributed by atoms with Gasteiger partial charge in [0.15, 0.2) is 5.11 Å². The van der Waals surface area contributed by atoms with Crippen LogP contribution in [0.2, 0.25) is 5.02 Å². The molecule has 2 N–H and O–H groups in total. The predicted octanol–water partition coefficient (Wildman–Crippen LogP) is 1.86. The second-order valence-electron chi connectivity index (χ2n) is 4.22. The number of rotatable bonds is 3. The Morgan fingerprint density at radius 2 is 2.14 bits per heavy atom. The van der Waals surface area contributed by atoms with Crippen LogP contribution in [-0.4, -0.2) is 33.5 Å². The lowest BCUT2D eigenvalue weighted by Crippen LogP contribution is -2.53. The molecular formula is C14H11ClN2O3S. The number of hydrogen-bond acceptors (Lipinski definition) is 4. The van der Waals surface area contributed by atoms with E-state index in [-0.39, 0.29) is 28.5 Å². The Morgan fingerprint density at radius 1 is 1.43 bits per heavy atom. The molecule has 1 aliphatic heterocycles. The van der Waals surface area contributed by atoms with E-state index >= 15 is 0 Å². The van der Waals surface area contributed by atoms with Gasteiger partial charge in [-0.25, -0.2) is 0 Å². The Kier molecular flexibility index (Phi) is 4.40. The summed E-state index contributed by atoms with van der Waals surface area (Å²) in [6.45, 7) is 3.71. The summed E-state index contributed by atoms with van der Waals surface area (Å²) >= 11 is 10.8. The highest BCUT2D eigenvalue weighted by Gasteiger charge is 2.32. The minimum atomic E-state index is -0.621. The summed E-state index contributed by atoms with van der Waals surface area (Å²) in [5, 5.41) is 12.6. The quantitative estimate of drug-likeness (QED) is 0.386. The van der Waals surface area contributed by atoms with Crippen molar-refractivity contribution >= 4 is 46.8 Å². The van der Waals surface area contributed by atoms with Gasteiger partial charge in [0, 0.05) is 17.1 Å². The maximum absolute atomic E-state index is 12.3. The van der Waals surface area contributed by atoms with Crippen LogP contribution in [0.25, 0.3) is 6.08 Å². The molecule has 2 rings (SSSR count). The zero-order valence-electron chi connectivity index (χ0n) is 10.8. The van der Waals surface area contributed by atoms with E-state index < -0.39 is 11.8 Å². The lowest BCUT2D eigenvalue weighted by Gasteiger charge is -2.27. The average molecular weight is 323 g/mol. The largest absolute Gasteiger partial charge is 0.507 e. The van der Waals surface area contributed by atoms with Gasteiger partial charge >= 0.3 is 0 Å². The van der Waals surface area contributed by atoms with Crippen molar-refractivity contribution in [3.8, 4) is 5.75 Å². The maximum atomic E-state index is 12.3. The number of halogens is 1. The zero-order chi connectivity index (χ0) is 15.6. The number of thiocarbonyl (C=S) groups is 1. The van der Waals surface area contributed by atoms with Crippen LogP contribution in [0.15, 0.2) is 36.4 Å². The molecule has 21 heavy (non-hydrogen) atoms. The van der Waals surface area contributed by atoms with Gasteiger partial charge in [-0.15, -0.1) is 6.58 Å². The molecule has 0 spiro atoms. The average Bonchev–Trinajstić information content (AvgIpc) is 2.43. The van der Waals surface area contributed by atoms with Gasteiger partial charge in [-0.05, 0) is 36.5 Å². The molecule has 1 aromatic carbocycles. The molecule has 5 nitrogen and oxygen atoms in total. The molecule has 0 saturated carbocycles. The molecule has 2 amide bonds. The standard InChI is InChI=1S/C14H11ClN2O3S/c1-2-5-17-13(20)10(12(19)16-14(17)21)7-8-6-9(15)3-4-11(8)18/h2-4,6-7,18H,1,5H2,(H,16,19,21)/b10-7+. The number of carbonyl (C=O) groups excluding carboxylic acids is 2. The number of nitrogens with zero attached hydrogens (tertiary/aromatic N) is 1. The van der Waals surface area contributed by atoms with Gasteiger partial charge in [0.2, 0.25) is 0 Å². The first-order valence-electron chi connectivity index (χ1n) is 5.92. The fourth-order valence-electron chi connectivity index (χ4n) is 1.79. The molecule has 1 saturated heterocycles. The van der Waals surface area contributed by atoms with Gasteiger partial charge in [0.05, 0.1) is 0 Å². The highest BCUT2D eigenvalue weighted by atomic mass is 35.5. The lowest BCUT2D eigenvalue weighted by molar-refractivity contribution is -0.128. The Bertz CT molecular complexity index is 685. The smallest absolute Gasteiger partial charge is 0.265 e. The topological polar surface area (TPSA) is 69.6 Å². The van der Waals surface area contributed by atoms with Gasteiger partial charge in [-0.1, -0.05) is 17.7 Å². The number of phenols is 1. The second-order valence-corrected chi connectivity index (χ2v) is 5.05. The Labute approximate surface area is 131 Å². The van der Waals surface area contributed by atoms with Crippen molar-refractivity contribution in [2.24, 2.45) is 0 Å².